The van der Waals surface area contributed by atoms with E-state index in [-0.39, 0.29) is 24.1 Å². The van der Waals surface area contributed by atoms with Crippen LogP contribution in [0, 0.1) is 0 Å². The molecule has 0 saturated carbocycles. The van der Waals surface area contributed by atoms with Crippen molar-refractivity contribution in [2.45, 2.75) is 32.8 Å². The predicted octanol–water partition coefficient (Wildman–Crippen LogP) is 1.87. The number of aliphatic carboxylic acids is 1. The third-order valence-corrected chi connectivity index (χ3v) is 4.17. The zero-order valence-electron chi connectivity index (χ0n) is 17.4. The Morgan fingerprint density at radius 1 is 1.17 bits per heavy atom. The molecule has 3 N–H and O–H groups in total. The van der Waals surface area contributed by atoms with Crippen LogP contribution >= 0.6 is 0 Å². The van der Waals surface area contributed by atoms with Gasteiger partial charge in [-0.25, -0.2) is 4.79 Å². The molecule has 1 aromatic carbocycles. The van der Waals surface area contributed by atoms with Gasteiger partial charge in [-0.3, -0.25) is 14.6 Å². The maximum atomic E-state index is 12.8. The maximum Gasteiger partial charge on any atom is 0.410 e. The van der Waals surface area contributed by atoms with Crippen LogP contribution in [0.4, 0.5) is 10.5 Å². The van der Waals surface area contributed by atoms with E-state index in [1.165, 1.54) is 6.21 Å². The van der Waals surface area contributed by atoms with Gasteiger partial charge in [0.05, 0.1) is 24.0 Å². The highest BCUT2D eigenvalue weighted by atomic mass is 16.6. The summed E-state index contributed by atoms with van der Waals surface area (Å²) in [4.78, 5) is 43.1. The number of hydrogen-bond donors (Lipinski definition) is 2. The van der Waals surface area contributed by atoms with Crippen molar-refractivity contribution in [3.8, 4) is 0 Å². The van der Waals surface area contributed by atoms with Gasteiger partial charge in [0, 0.05) is 31.7 Å². The normalized spacial score (nSPS) is 15.4. The maximum absolute atomic E-state index is 12.8. The van der Waals surface area contributed by atoms with Gasteiger partial charge in [0.25, 0.3) is 5.91 Å². The van der Waals surface area contributed by atoms with Crippen molar-refractivity contribution in [1.82, 2.24) is 9.80 Å². The zero-order valence-corrected chi connectivity index (χ0v) is 17.4. The molecule has 2 amide bonds. The SMILES string of the molecule is CC(C)(C)OC(=O)N1CCN(C(=O)c2cccc(N=CC(CC(=O)O)=NN)c2)CC1. The number of hydrazone groups is 1. The van der Waals surface area contributed by atoms with Crippen LogP contribution in [0.1, 0.15) is 37.6 Å². The number of amides is 2. The minimum absolute atomic E-state index is 0.109. The Bertz CT molecular complexity index is 851. The molecule has 1 aliphatic heterocycles. The van der Waals surface area contributed by atoms with E-state index in [2.05, 4.69) is 10.1 Å². The van der Waals surface area contributed by atoms with Gasteiger partial charge in [0.2, 0.25) is 0 Å². The van der Waals surface area contributed by atoms with E-state index < -0.39 is 11.6 Å². The van der Waals surface area contributed by atoms with Gasteiger partial charge in [0.15, 0.2) is 0 Å². The van der Waals surface area contributed by atoms with E-state index in [0.717, 1.165) is 0 Å². The first kappa shape index (κ1) is 22.9. The fraction of sp³-hybridized carbons (Fsp3) is 0.450. The summed E-state index contributed by atoms with van der Waals surface area (Å²) in [6.45, 7) is 7.01. The monoisotopic (exact) mass is 417 g/mol. The number of aliphatic imine (C=N–C) groups is 1. The smallest absolute Gasteiger partial charge is 0.410 e. The molecular weight excluding hydrogens is 390 g/mol. The topological polar surface area (TPSA) is 138 Å². The summed E-state index contributed by atoms with van der Waals surface area (Å²) in [5.74, 6) is 3.92. The second-order valence-electron chi connectivity index (χ2n) is 7.76. The average molecular weight is 417 g/mol. The van der Waals surface area contributed by atoms with Gasteiger partial charge >= 0.3 is 12.1 Å². The number of carboxylic acid groups (broad SMARTS) is 1. The lowest BCUT2D eigenvalue weighted by Crippen LogP contribution is -2.51. The van der Waals surface area contributed by atoms with Gasteiger partial charge in [-0.1, -0.05) is 6.07 Å². The molecule has 1 heterocycles. The molecule has 1 aromatic rings. The third-order valence-electron chi connectivity index (χ3n) is 4.17. The summed E-state index contributed by atoms with van der Waals surface area (Å²) in [7, 11) is 0. The van der Waals surface area contributed by atoms with E-state index in [0.29, 0.717) is 37.4 Å². The van der Waals surface area contributed by atoms with Crippen LogP contribution in [0.25, 0.3) is 0 Å². The Balaban J connectivity index is 1.99. The Labute approximate surface area is 175 Å². The number of nitrogens with two attached hydrogens (primary N) is 1. The molecular formula is C20H27N5O5. The number of benzene rings is 1. The van der Waals surface area contributed by atoms with Gasteiger partial charge < -0.3 is 25.5 Å². The summed E-state index contributed by atoms with van der Waals surface area (Å²) in [5, 5.41) is 12.2. The number of rotatable bonds is 5. The first-order valence-electron chi connectivity index (χ1n) is 9.49. The molecule has 2 rings (SSSR count). The predicted molar refractivity (Wildman–Crippen MR) is 112 cm³/mol. The van der Waals surface area contributed by atoms with Crippen molar-refractivity contribution < 1.29 is 24.2 Å². The molecule has 0 bridgehead atoms. The second kappa shape index (κ2) is 9.86. The molecule has 30 heavy (non-hydrogen) atoms. The molecule has 0 atom stereocenters. The summed E-state index contributed by atoms with van der Waals surface area (Å²) >= 11 is 0. The van der Waals surface area contributed by atoms with E-state index in [1.807, 2.05) is 20.8 Å². The largest absolute Gasteiger partial charge is 0.481 e. The third kappa shape index (κ3) is 6.87. The molecule has 1 saturated heterocycles. The highest BCUT2D eigenvalue weighted by Gasteiger charge is 2.28. The molecule has 1 aliphatic rings. The van der Waals surface area contributed by atoms with Gasteiger partial charge in [-0.2, -0.15) is 5.10 Å². The Morgan fingerprint density at radius 2 is 1.80 bits per heavy atom. The first-order valence-corrected chi connectivity index (χ1v) is 9.49. The Kier molecular flexibility index (Phi) is 7.51. The van der Waals surface area contributed by atoms with Crippen LogP contribution < -0.4 is 5.84 Å². The Hall–Kier alpha value is -3.43. The fourth-order valence-electron chi connectivity index (χ4n) is 2.75. The second-order valence-corrected chi connectivity index (χ2v) is 7.76. The lowest BCUT2D eigenvalue weighted by molar-refractivity contribution is -0.135. The lowest BCUT2D eigenvalue weighted by atomic mass is 10.1. The highest BCUT2D eigenvalue weighted by molar-refractivity contribution is 6.34. The molecule has 0 radical (unpaired) electrons. The standard InChI is InChI=1S/C20H27N5O5/c1-20(2,3)30-19(29)25-9-7-24(8-10-25)18(28)14-5-4-6-15(11-14)22-13-16(23-21)12-17(26)27/h4-6,11,13H,7-10,12,21H2,1-3H3,(H,26,27). The van der Waals surface area contributed by atoms with Crippen molar-refractivity contribution in [2.75, 3.05) is 26.2 Å². The summed E-state index contributed by atoms with van der Waals surface area (Å²) in [6.07, 6.45) is 0.530. The van der Waals surface area contributed by atoms with Crippen molar-refractivity contribution in [3.63, 3.8) is 0 Å². The summed E-state index contributed by atoms with van der Waals surface area (Å²) < 4.78 is 5.37. The molecule has 0 unspecified atom stereocenters. The number of nitrogens with zero attached hydrogens (tertiary/aromatic N) is 4. The number of carbonyl (C=O) groups excluding carboxylic acids is 2. The number of carbonyl (C=O) groups is 3. The van der Waals surface area contributed by atoms with Crippen LogP contribution in [-0.2, 0) is 9.53 Å². The van der Waals surface area contributed by atoms with Crippen molar-refractivity contribution in [2.24, 2.45) is 15.9 Å². The number of ether oxygens (including phenoxy) is 1. The van der Waals surface area contributed by atoms with E-state index in [1.54, 1.807) is 34.1 Å². The minimum Gasteiger partial charge on any atom is -0.481 e. The van der Waals surface area contributed by atoms with Crippen LogP contribution in [0.5, 0.6) is 0 Å². The molecule has 0 aliphatic carbocycles. The highest BCUT2D eigenvalue weighted by Crippen LogP contribution is 2.17. The minimum atomic E-state index is -1.07. The van der Waals surface area contributed by atoms with Crippen LogP contribution in [0.2, 0.25) is 0 Å². The number of piperazine rings is 1. The average Bonchev–Trinajstić information content (AvgIpc) is 2.69. The lowest BCUT2D eigenvalue weighted by Gasteiger charge is -2.35. The molecule has 0 spiro atoms. The first-order chi connectivity index (χ1) is 14.1. The van der Waals surface area contributed by atoms with Crippen LogP contribution in [-0.4, -0.2) is 76.6 Å². The van der Waals surface area contributed by atoms with Crippen molar-refractivity contribution in [3.05, 3.63) is 29.8 Å². The quantitative estimate of drug-likeness (QED) is 0.426. The van der Waals surface area contributed by atoms with Crippen LogP contribution in [0.15, 0.2) is 34.4 Å². The van der Waals surface area contributed by atoms with Crippen molar-refractivity contribution >= 4 is 35.6 Å². The number of hydrogen-bond acceptors (Lipinski definition) is 7. The summed E-state index contributed by atoms with van der Waals surface area (Å²) in [5.41, 5.74) is 0.460. The van der Waals surface area contributed by atoms with Crippen molar-refractivity contribution in [1.29, 1.82) is 0 Å². The van der Waals surface area contributed by atoms with E-state index in [9.17, 15) is 14.4 Å². The zero-order chi connectivity index (χ0) is 22.3. The van der Waals surface area contributed by atoms with Gasteiger partial charge in [-0.05, 0) is 39.0 Å². The summed E-state index contributed by atoms with van der Waals surface area (Å²) in [6, 6.07) is 6.65. The molecule has 10 heteroatoms. The molecule has 10 nitrogen and oxygen atoms in total. The van der Waals surface area contributed by atoms with E-state index >= 15 is 0 Å². The van der Waals surface area contributed by atoms with Gasteiger partial charge in [-0.15, -0.1) is 0 Å². The van der Waals surface area contributed by atoms with Crippen LogP contribution in [0.3, 0.4) is 0 Å². The molecule has 0 aromatic heterocycles. The fourth-order valence-corrected chi connectivity index (χ4v) is 2.75. The number of carboxylic acids is 1. The molecule has 162 valence electrons. The van der Waals surface area contributed by atoms with E-state index in [4.69, 9.17) is 15.7 Å². The Morgan fingerprint density at radius 3 is 2.37 bits per heavy atom. The van der Waals surface area contributed by atoms with Gasteiger partial charge in [0.1, 0.15) is 5.60 Å². The molecule has 1 fully saturated rings.